The molecule has 5 nitrogen and oxygen atoms in total. The van der Waals surface area contributed by atoms with Gasteiger partial charge in [-0.25, -0.2) is 9.97 Å². The van der Waals surface area contributed by atoms with Gasteiger partial charge in [0.1, 0.15) is 0 Å². The van der Waals surface area contributed by atoms with E-state index >= 15 is 0 Å². The Bertz CT molecular complexity index is 343. The Morgan fingerprint density at radius 3 is 2.75 bits per heavy atom. The molecule has 0 radical (unpaired) electrons. The third-order valence-electron chi connectivity index (χ3n) is 2.67. The summed E-state index contributed by atoms with van der Waals surface area (Å²) in [6, 6.07) is 0.244. The monoisotopic (exact) mass is 224 g/mol. The Balaban J connectivity index is 2.84. The van der Waals surface area contributed by atoms with Crippen LogP contribution in [0.25, 0.3) is 0 Å². The number of aromatic nitrogens is 2. The molecule has 90 valence electrons. The minimum atomic E-state index is 0.244. The van der Waals surface area contributed by atoms with Crippen LogP contribution in [0.3, 0.4) is 0 Å². The molecule has 0 fully saturated rings. The van der Waals surface area contributed by atoms with Crippen LogP contribution in [-0.4, -0.2) is 36.8 Å². The van der Waals surface area contributed by atoms with Crippen molar-refractivity contribution in [2.75, 3.05) is 25.7 Å². The Morgan fingerprint density at radius 1 is 1.56 bits per heavy atom. The minimum Gasteiger partial charge on any atom is -0.383 e. The van der Waals surface area contributed by atoms with Gasteiger partial charge in [-0.3, -0.25) is 0 Å². The van der Waals surface area contributed by atoms with Crippen LogP contribution in [0.5, 0.6) is 0 Å². The quantitative estimate of drug-likeness (QED) is 0.798. The SMILES string of the molecule is COCC(C)N(C)c1ncc(CN)c(C)n1. The molecule has 5 heteroatoms. The van der Waals surface area contributed by atoms with Crippen LogP contribution in [0.1, 0.15) is 18.2 Å². The Labute approximate surface area is 96.6 Å². The van der Waals surface area contributed by atoms with Crippen molar-refractivity contribution in [2.24, 2.45) is 5.73 Å². The van der Waals surface area contributed by atoms with Gasteiger partial charge >= 0.3 is 0 Å². The van der Waals surface area contributed by atoms with E-state index in [-0.39, 0.29) is 6.04 Å². The first-order valence-electron chi connectivity index (χ1n) is 5.34. The van der Waals surface area contributed by atoms with Crippen LogP contribution in [0.2, 0.25) is 0 Å². The third-order valence-corrected chi connectivity index (χ3v) is 2.67. The zero-order valence-electron chi connectivity index (χ0n) is 10.4. The molecule has 1 rings (SSSR count). The molecule has 0 aliphatic rings. The maximum Gasteiger partial charge on any atom is 0.225 e. The molecule has 0 amide bonds. The molecule has 0 spiro atoms. The first-order chi connectivity index (χ1) is 7.60. The summed E-state index contributed by atoms with van der Waals surface area (Å²) in [6.45, 7) is 5.14. The fraction of sp³-hybridized carbons (Fsp3) is 0.636. The molecule has 1 unspecified atom stereocenters. The Kier molecular flexibility index (Phi) is 4.64. The highest BCUT2D eigenvalue weighted by molar-refractivity contribution is 5.32. The molecule has 1 aromatic heterocycles. The topological polar surface area (TPSA) is 64.3 Å². The lowest BCUT2D eigenvalue weighted by atomic mass is 10.2. The standard InChI is InChI=1S/C11H20N4O/c1-8(7-16-4)15(3)11-13-6-10(5-12)9(2)14-11/h6,8H,5,7,12H2,1-4H3. The van der Waals surface area contributed by atoms with E-state index in [2.05, 4.69) is 16.9 Å². The van der Waals surface area contributed by atoms with Crippen molar-refractivity contribution in [1.82, 2.24) is 9.97 Å². The molecule has 2 N–H and O–H groups in total. The number of nitrogens with two attached hydrogens (primary N) is 1. The zero-order valence-corrected chi connectivity index (χ0v) is 10.4. The fourth-order valence-corrected chi connectivity index (χ4v) is 1.40. The van der Waals surface area contributed by atoms with Crippen molar-refractivity contribution < 1.29 is 4.74 Å². The molecule has 0 aromatic carbocycles. The molecule has 0 saturated carbocycles. The van der Waals surface area contributed by atoms with Crippen molar-refractivity contribution in [1.29, 1.82) is 0 Å². The van der Waals surface area contributed by atoms with E-state index in [4.69, 9.17) is 10.5 Å². The van der Waals surface area contributed by atoms with E-state index in [1.54, 1.807) is 13.3 Å². The van der Waals surface area contributed by atoms with Gasteiger partial charge in [0.15, 0.2) is 0 Å². The smallest absolute Gasteiger partial charge is 0.225 e. The number of ether oxygens (including phenoxy) is 1. The maximum atomic E-state index is 5.57. The number of hydrogen-bond acceptors (Lipinski definition) is 5. The average Bonchev–Trinajstić information content (AvgIpc) is 2.28. The number of hydrogen-bond donors (Lipinski definition) is 1. The van der Waals surface area contributed by atoms with E-state index in [0.29, 0.717) is 19.1 Å². The average molecular weight is 224 g/mol. The molecule has 1 heterocycles. The lowest BCUT2D eigenvalue weighted by molar-refractivity contribution is 0.183. The van der Waals surface area contributed by atoms with Gasteiger partial charge in [-0.05, 0) is 13.8 Å². The van der Waals surface area contributed by atoms with E-state index < -0.39 is 0 Å². The van der Waals surface area contributed by atoms with Crippen molar-refractivity contribution in [2.45, 2.75) is 26.4 Å². The van der Waals surface area contributed by atoms with Crippen molar-refractivity contribution in [3.63, 3.8) is 0 Å². The molecular formula is C11H20N4O. The number of rotatable bonds is 5. The molecule has 0 saturated heterocycles. The highest BCUT2D eigenvalue weighted by Gasteiger charge is 2.13. The van der Waals surface area contributed by atoms with Crippen LogP contribution in [0.15, 0.2) is 6.20 Å². The summed E-state index contributed by atoms with van der Waals surface area (Å²) >= 11 is 0. The number of nitrogens with zero attached hydrogens (tertiary/aromatic N) is 3. The minimum absolute atomic E-state index is 0.244. The summed E-state index contributed by atoms with van der Waals surface area (Å²) < 4.78 is 5.10. The van der Waals surface area contributed by atoms with E-state index in [1.165, 1.54) is 0 Å². The molecule has 0 aliphatic carbocycles. The molecule has 0 aliphatic heterocycles. The number of methoxy groups -OCH3 is 1. The second-order valence-corrected chi connectivity index (χ2v) is 3.90. The summed E-state index contributed by atoms with van der Waals surface area (Å²) in [5.41, 5.74) is 7.49. The van der Waals surface area contributed by atoms with E-state index in [9.17, 15) is 0 Å². The van der Waals surface area contributed by atoms with Crippen molar-refractivity contribution in [3.8, 4) is 0 Å². The normalized spacial score (nSPS) is 12.6. The Hall–Kier alpha value is -1.20. The van der Waals surface area contributed by atoms with Crippen molar-refractivity contribution >= 4 is 5.95 Å². The van der Waals surface area contributed by atoms with Crippen molar-refractivity contribution in [3.05, 3.63) is 17.5 Å². The summed E-state index contributed by atoms with van der Waals surface area (Å²) in [7, 11) is 3.65. The van der Waals surface area contributed by atoms with Gasteiger partial charge < -0.3 is 15.4 Å². The third kappa shape index (κ3) is 2.90. The molecule has 1 atom stereocenters. The lowest BCUT2D eigenvalue weighted by Crippen LogP contribution is -2.34. The first-order valence-corrected chi connectivity index (χ1v) is 5.34. The molecule has 0 bridgehead atoms. The van der Waals surface area contributed by atoms with Gasteiger partial charge in [0.05, 0.1) is 12.6 Å². The lowest BCUT2D eigenvalue weighted by Gasteiger charge is -2.24. The summed E-state index contributed by atoms with van der Waals surface area (Å²) in [5.74, 6) is 0.708. The Morgan fingerprint density at radius 2 is 2.25 bits per heavy atom. The number of anilines is 1. The maximum absolute atomic E-state index is 5.57. The van der Waals surface area contributed by atoms with Gasteiger partial charge in [0.2, 0.25) is 5.95 Å². The molecule has 16 heavy (non-hydrogen) atoms. The molecule has 1 aromatic rings. The summed E-state index contributed by atoms with van der Waals surface area (Å²) in [4.78, 5) is 10.7. The van der Waals surface area contributed by atoms with Gasteiger partial charge in [0.25, 0.3) is 0 Å². The van der Waals surface area contributed by atoms with Crippen LogP contribution < -0.4 is 10.6 Å². The zero-order chi connectivity index (χ0) is 12.1. The van der Waals surface area contributed by atoms with Crippen LogP contribution in [0, 0.1) is 6.92 Å². The predicted octanol–water partition coefficient (Wildman–Crippen LogP) is 0.715. The molecular weight excluding hydrogens is 204 g/mol. The predicted molar refractivity (Wildman–Crippen MR) is 64.4 cm³/mol. The van der Waals surface area contributed by atoms with Crippen LogP contribution in [0.4, 0.5) is 5.95 Å². The van der Waals surface area contributed by atoms with Gasteiger partial charge in [0, 0.05) is 38.2 Å². The summed E-state index contributed by atoms with van der Waals surface area (Å²) in [5, 5.41) is 0. The second kappa shape index (κ2) is 5.77. The first kappa shape index (κ1) is 12.9. The van der Waals surface area contributed by atoms with Gasteiger partial charge in [-0.1, -0.05) is 0 Å². The van der Waals surface area contributed by atoms with E-state index in [1.807, 2.05) is 18.9 Å². The highest BCUT2D eigenvalue weighted by atomic mass is 16.5. The largest absolute Gasteiger partial charge is 0.383 e. The summed E-state index contributed by atoms with van der Waals surface area (Å²) in [6.07, 6.45) is 1.79. The van der Waals surface area contributed by atoms with Gasteiger partial charge in [-0.15, -0.1) is 0 Å². The van der Waals surface area contributed by atoms with E-state index in [0.717, 1.165) is 11.3 Å². The van der Waals surface area contributed by atoms with Crippen LogP contribution >= 0.6 is 0 Å². The van der Waals surface area contributed by atoms with Gasteiger partial charge in [-0.2, -0.15) is 0 Å². The fourth-order valence-electron chi connectivity index (χ4n) is 1.40. The highest BCUT2D eigenvalue weighted by Crippen LogP contribution is 2.11. The number of likely N-dealkylation sites (N-methyl/N-ethyl adjacent to an activating group) is 1. The number of aryl methyl sites for hydroxylation is 1. The second-order valence-electron chi connectivity index (χ2n) is 3.90. The van der Waals surface area contributed by atoms with Crippen LogP contribution in [-0.2, 0) is 11.3 Å².